The number of anilines is 3. The summed E-state index contributed by atoms with van der Waals surface area (Å²) in [6, 6.07) is 18.0. The molecular weight excluding hydrogens is 340 g/mol. The van der Waals surface area contributed by atoms with Gasteiger partial charge in [0.15, 0.2) is 0 Å². The maximum absolute atomic E-state index is 12.6. The lowest BCUT2D eigenvalue weighted by atomic mass is 10.1. The van der Waals surface area contributed by atoms with Gasteiger partial charge < -0.3 is 15.4 Å². The van der Waals surface area contributed by atoms with E-state index in [9.17, 15) is 10.1 Å². The fourth-order valence-electron chi connectivity index (χ4n) is 2.58. The minimum absolute atomic E-state index is 0.280. The van der Waals surface area contributed by atoms with Gasteiger partial charge in [-0.05, 0) is 48.9 Å². The van der Waals surface area contributed by atoms with Crippen molar-refractivity contribution in [2.75, 3.05) is 17.7 Å². The van der Waals surface area contributed by atoms with Crippen molar-refractivity contribution in [2.45, 2.75) is 6.92 Å². The van der Waals surface area contributed by atoms with E-state index in [0.717, 1.165) is 5.56 Å². The number of nitriles is 1. The number of methoxy groups -OCH3 is 1. The lowest BCUT2D eigenvalue weighted by Gasteiger charge is -2.12. The maximum Gasteiger partial charge on any atom is 0.255 e. The van der Waals surface area contributed by atoms with Crippen LogP contribution in [0.1, 0.15) is 21.5 Å². The average Bonchev–Trinajstić information content (AvgIpc) is 2.69. The molecular formula is C21H18N4O2. The molecule has 0 bridgehead atoms. The zero-order valence-corrected chi connectivity index (χ0v) is 15.0. The summed E-state index contributed by atoms with van der Waals surface area (Å²) in [5.74, 6) is 0.781. The molecule has 0 spiro atoms. The second-order valence-corrected chi connectivity index (χ2v) is 5.87. The first-order valence-corrected chi connectivity index (χ1v) is 8.29. The number of para-hydroxylation sites is 1. The fourth-order valence-corrected chi connectivity index (χ4v) is 2.58. The van der Waals surface area contributed by atoms with Gasteiger partial charge in [-0.15, -0.1) is 0 Å². The van der Waals surface area contributed by atoms with Crippen LogP contribution in [0.4, 0.5) is 17.2 Å². The van der Waals surface area contributed by atoms with Crippen molar-refractivity contribution in [3.05, 3.63) is 77.5 Å². The van der Waals surface area contributed by atoms with Crippen LogP contribution in [0.5, 0.6) is 5.75 Å². The van der Waals surface area contributed by atoms with Gasteiger partial charge >= 0.3 is 0 Å². The van der Waals surface area contributed by atoms with Crippen molar-refractivity contribution in [1.82, 2.24) is 4.98 Å². The van der Waals surface area contributed by atoms with E-state index in [0.29, 0.717) is 34.1 Å². The van der Waals surface area contributed by atoms with Crippen LogP contribution in [0, 0.1) is 18.3 Å². The van der Waals surface area contributed by atoms with Crippen LogP contribution in [-0.4, -0.2) is 18.0 Å². The van der Waals surface area contributed by atoms with Gasteiger partial charge in [0, 0.05) is 11.8 Å². The number of ether oxygens (including phenoxy) is 1. The summed E-state index contributed by atoms with van der Waals surface area (Å²) < 4.78 is 5.30. The number of benzene rings is 2. The topological polar surface area (TPSA) is 87.0 Å². The number of nitrogens with one attached hydrogen (secondary N) is 2. The second-order valence-electron chi connectivity index (χ2n) is 5.87. The van der Waals surface area contributed by atoms with Crippen LogP contribution in [0.25, 0.3) is 0 Å². The van der Waals surface area contributed by atoms with E-state index < -0.39 is 0 Å². The van der Waals surface area contributed by atoms with Gasteiger partial charge in [0.1, 0.15) is 17.6 Å². The van der Waals surface area contributed by atoms with Crippen molar-refractivity contribution < 1.29 is 9.53 Å². The van der Waals surface area contributed by atoms with E-state index in [-0.39, 0.29) is 5.91 Å². The molecule has 0 radical (unpaired) electrons. The van der Waals surface area contributed by atoms with Crippen LogP contribution in [0.15, 0.2) is 60.8 Å². The van der Waals surface area contributed by atoms with Crippen molar-refractivity contribution in [3.63, 3.8) is 0 Å². The van der Waals surface area contributed by atoms with E-state index in [1.165, 1.54) is 0 Å². The summed E-state index contributed by atoms with van der Waals surface area (Å²) in [6.45, 7) is 1.94. The molecule has 2 N–H and O–H groups in total. The highest BCUT2D eigenvalue weighted by atomic mass is 16.5. The summed E-state index contributed by atoms with van der Waals surface area (Å²) in [5, 5.41) is 15.1. The van der Waals surface area contributed by atoms with Gasteiger partial charge in [-0.2, -0.15) is 5.26 Å². The van der Waals surface area contributed by atoms with Crippen molar-refractivity contribution in [2.24, 2.45) is 0 Å². The lowest BCUT2D eigenvalue weighted by molar-refractivity contribution is 0.102. The minimum Gasteiger partial charge on any atom is -0.495 e. The summed E-state index contributed by atoms with van der Waals surface area (Å²) in [6.07, 6.45) is 1.54. The monoisotopic (exact) mass is 358 g/mol. The molecule has 6 heteroatoms. The molecule has 1 amide bonds. The van der Waals surface area contributed by atoms with Crippen molar-refractivity contribution in [1.29, 1.82) is 5.26 Å². The molecule has 1 aromatic heterocycles. The highest BCUT2D eigenvalue weighted by molar-refractivity contribution is 6.05. The molecule has 3 rings (SSSR count). The van der Waals surface area contributed by atoms with Crippen molar-refractivity contribution in [3.8, 4) is 11.8 Å². The SMILES string of the molecule is COc1ccc(C)cc1NC(=O)c1ccnc(Nc2ccccc2C#N)c1. The Labute approximate surface area is 157 Å². The molecule has 0 aliphatic heterocycles. The summed E-state index contributed by atoms with van der Waals surface area (Å²) in [5.41, 5.74) is 3.18. The van der Waals surface area contributed by atoms with Gasteiger partial charge in [-0.25, -0.2) is 4.98 Å². The van der Waals surface area contributed by atoms with E-state index in [4.69, 9.17) is 4.74 Å². The number of carbonyl (C=O) groups is 1. The van der Waals surface area contributed by atoms with Crippen LogP contribution in [0.2, 0.25) is 0 Å². The molecule has 3 aromatic rings. The minimum atomic E-state index is -0.280. The number of carbonyl (C=O) groups excluding carboxylic acids is 1. The smallest absolute Gasteiger partial charge is 0.255 e. The Balaban J connectivity index is 1.82. The largest absolute Gasteiger partial charge is 0.495 e. The number of aryl methyl sites for hydroxylation is 1. The van der Waals surface area contributed by atoms with Gasteiger partial charge in [0.2, 0.25) is 0 Å². The predicted octanol–water partition coefficient (Wildman–Crippen LogP) is 4.27. The first-order valence-electron chi connectivity index (χ1n) is 8.29. The summed E-state index contributed by atoms with van der Waals surface area (Å²) in [7, 11) is 1.56. The van der Waals surface area contributed by atoms with Gasteiger partial charge in [-0.1, -0.05) is 18.2 Å². The molecule has 0 aliphatic carbocycles. The zero-order valence-electron chi connectivity index (χ0n) is 15.0. The normalized spacial score (nSPS) is 9.96. The fraction of sp³-hybridized carbons (Fsp3) is 0.0952. The third kappa shape index (κ3) is 4.22. The first kappa shape index (κ1) is 18.0. The van der Waals surface area contributed by atoms with Gasteiger partial charge in [-0.3, -0.25) is 4.79 Å². The molecule has 1 heterocycles. The molecule has 134 valence electrons. The number of nitrogens with zero attached hydrogens (tertiary/aromatic N) is 2. The third-order valence-corrected chi connectivity index (χ3v) is 3.94. The molecule has 0 saturated carbocycles. The molecule has 27 heavy (non-hydrogen) atoms. The van der Waals surface area contributed by atoms with Gasteiger partial charge in [0.25, 0.3) is 5.91 Å². The Bertz CT molecular complexity index is 1020. The molecule has 0 fully saturated rings. The molecule has 0 aliphatic rings. The Morgan fingerprint density at radius 2 is 1.93 bits per heavy atom. The number of rotatable bonds is 5. The average molecular weight is 358 g/mol. The Kier molecular flexibility index (Phi) is 5.33. The molecule has 6 nitrogen and oxygen atoms in total. The molecule has 0 saturated heterocycles. The number of aromatic nitrogens is 1. The van der Waals surface area contributed by atoms with Crippen LogP contribution >= 0.6 is 0 Å². The first-order chi connectivity index (χ1) is 13.1. The number of amides is 1. The standard InChI is InChI=1S/C21H18N4O2/c1-14-7-8-19(27-2)18(11-14)25-21(26)15-9-10-23-20(12-15)24-17-6-4-3-5-16(17)13-22/h3-12H,1-2H3,(H,23,24)(H,25,26). The lowest BCUT2D eigenvalue weighted by Crippen LogP contribution is -2.13. The number of hydrogen-bond donors (Lipinski definition) is 2. The summed E-state index contributed by atoms with van der Waals surface area (Å²) in [4.78, 5) is 16.9. The Morgan fingerprint density at radius 1 is 1.11 bits per heavy atom. The van der Waals surface area contributed by atoms with Crippen LogP contribution in [-0.2, 0) is 0 Å². The van der Waals surface area contributed by atoms with Crippen LogP contribution in [0.3, 0.4) is 0 Å². The van der Waals surface area contributed by atoms with Crippen LogP contribution < -0.4 is 15.4 Å². The maximum atomic E-state index is 12.6. The predicted molar refractivity (Wildman–Crippen MR) is 104 cm³/mol. The number of hydrogen-bond acceptors (Lipinski definition) is 5. The van der Waals surface area contributed by atoms with E-state index >= 15 is 0 Å². The summed E-state index contributed by atoms with van der Waals surface area (Å²) >= 11 is 0. The molecule has 0 atom stereocenters. The highest BCUT2D eigenvalue weighted by Crippen LogP contribution is 2.26. The Hall–Kier alpha value is -3.85. The highest BCUT2D eigenvalue weighted by Gasteiger charge is 2.11. The molecule has 0 unspecified atom stereocenters. The number of pyridine rings is 1. The van der Waals surface area contributed by atoms with E-state index in [1.54, 1.807) is 43.6 Å². The van der Waals surface area contributed by atoms with Gasteiger partial charge in [0.05, 0.1) is 24.0 Å². The molecule has 2 aromatic carbocycles. The zero-order chi connectivity index (χ0) is 19.2. The third-order valence-electron chi connectivity index (χ3n) is 3.94. The van der Waals surface area contributed by atoms with E-state index in [1.807, 2.05) is 31.2 Å². The quantitative estimate of drug-likeness (QED) is 0.711. The second kappa shape index (κ2) is 8.02. The van der Waals surface area contributed by atoms with Crippen molar-refractivity contribution >= 4 is 23.1 Å². The Morgan fingerprint density at radius 3 is 2.70 bits per heavy atom. The van der Waals surface area contributed by atoms with E-state index in [2.05, 4.69) is 21.7 Å².